The normalized spacial score (nSPS) is 10.8. The highest BCUT2D eigenvalue weighted by atomic mass is 79.9. The Bertz CT molecular complexity index is 423. The van der Waals surface area contributed by atoms with Gasteiger partial charge in [0, 0.05) is 13.6 Å². The minimum Gasteiger partial charge on any atom is -0.377 e. The highest BCUT2D eigenvalue weighted by Crippen LogP contribution is 2.19. The summed E-state index contributed by atoms with van der Waals surface area (Å²) in [6.45, 7) is 4.73. The molecule has 0 aliphatic rings. The number of amides is 1. The van der Waals surface area contributed by atoms with Gasteiger partial charge in [-0.05, 0) is 41.9 Å². The quantitative estimate of drug-likeness (QED) is 0.835. The fourth-order valence-electron chi connectivity index (χ4n) is 1.40. The number of benzene rings is 1. The molecule has 0 atom stereocenters. The summed E-state index contributed by atoms with van der Waals surface area (Å²) in [5.41, 5.74) is 0.0661. The lowest BCUT2D eigenvalue weighted by atomic mass is 10.2. The van der Waals surface area contributed by atoms with E-state index in [1.807, 2.05) is 13.8 Å². The molecule has 0 heterocycles. The summed E-state index contributed by atoms with van der Waals surface area (Å²) in [5, 5.41) is 0. The van der Waals surface area contributed by atoms with E-state index >= 15 is 0 Å². The van der Waals surface area contributed by atoms with Gasteiger partial charge < -0.3 is 9.64 Å². The molecule has 5 heteroatoms. The molecule has 0 saturated carbocycles. The van der Waals surface area contributed by atoms with E-state index in [0.29, 0.717) is 17.6 Å². The minimum absolute atomic E-state index is 0.0661. The van der Waals surface area contributed by atoms with Crippen molar-refractivity contribution in [3.05, 3.63) is 34.1 Å². The molecule has 0 aliphatic heterocycles. The van der Waals surface area contributed by atoms with Crippen LogP contribution in [0.3, 0.4) is 0 Å². The largest absolute Gasteiger partial charge is 0.377 e. The van der Waals surface area contributed by atoms with Gasteiger partial charge in [0.1, 0.15) is 5.82 Å². The second-order valence-corrected chi connectivity index (χ2v) is 5.10. The molecule has 0 bridgehead atoms. The van der Waals surface area contributed by atoms with Crippen molar-refractivity contribution in [1.29, 1.82) is 0 Å². The van der Waals surface area contributed by atoms with E-state index in [4.69, 9.17) is 4.74 Å². The highest BCUT2D eigenvalue weighted by Gasteiger charge is 2.17. The zero-order valence-electron chi connectivity index (χ0n) is 10.7. The third-order valence-electron chi connectivity index (χ3n) is 2.41. The minimum atomic E-state index is -0.529. The molecule has 0 saturated heterocycles. The van der Waals surface area contributed by atoms with Crippen molar-refractivity contribution in [3.63, 3.8) is 0 Å². The van der Waals surface area contributed by atoms with Gasteiger partial charge in [0.25, 0.3) is 5.91 Å². The first-order chi connectivity index (χ1) is 8.43. The van der Waals surface area contributed by atoms with E-state index in [2.05, 4.69) is 15.9 Å². The van der Waals surface area contributed by atoms with Crippen LogP contribution in [0.5, 0.6) is 0 Å². The van der Waals surface area contributed by atoms with Crippen molar-refractivity contribution < 1.29 is 13.9 Å². The first-order valence-corrected chi connectivity index (χ1v) is 6.54. The second-order valence-electron chi connectivity index (χ2n) is 4.25. The summed E-state index contributed by atoms with van der Waals surface area (Å²) < 4.78 is 19.4. The van der Waals surface area contributed by atoms with E-state index in [9.17, 15) is 9.18 Å². The molecule has 0 spiro atoms. The molecular weight excluding hydrogens is 301 g/mol. The SMILES string of the molecule is CC(C)OCCN(C)C(=O)c1cccc(Br)c1F. The number of carbonyl (C=O) groups is 1. The van der Waals surface area contributed by atoms with Crippen molar-refractivity contribution in [2.45, 2.75) is 20.0 Å². The smallest absolute Gasteiger partial charge is 0.256 e. The second kappa shape index (κ2) is 6.85. The fourth-order valence-corrected chi connectivity index (χ4v) is 1.77. The molecule has 1 aromatic rings. The van der Waals surface area contributed by atoms with Crippen molar-refractivity contribution >= 4 is 21.8 Å². The van der Waals surface area contributed by atoms with Crippen LogP contribution in [0.25, 0.3) is 0 Å². The van der Waals surface area contributed by atoms with Gasteiger partial charge in [0.15, 0.2) is 0 Å². The molecule has 0 fully saturated rings. The van der Waals surface area contributed by atoms with E-state index in [-0.39, 0.29) is 17.6 Å². The molecule has 0 unspecified atom stereocenters. The number of hydrogen-bond acceptors (Lipinski definition) is 2. The van der Waals surface area contributed by atoms with Gasteiger partial charge in [-0.2, -0.15) is 0 Å². The Labute approximate surface area is 115 Å². The van der Waals surface area contributed by atoms with Crippen molar-refractivity contribution in [2.75, 3.05) is 20.2 Å². The Balaban J connectivity index is 2.66. The van der Waals surface area contributed by atoms with Crippen LogP contribution in [0.2, 0.25) is 0 Å². The number of likely N-dealkylation sites (N-methyl/N-ethyl adjacent to an activating group) is 1. The summed E-state index contributed by atoms with van der Waals surface area (Å²) in [5.74, 6) is -0.875. The molecule has 0 N–H and O–H groups in total. The Morgan fingerprint density at radius 1 is 1.50 bits per heavy atom. The summed E-state index contributed by atoms with van der Waals surface area (Å²) in [6.07, 6.45) is 0.121. The number of nitrogens with zero attached hydrogens (tertiary/aromatic N) is 1. The van der Waals surface area contributed by atoms with Gasteiger partial charge in [-0.1, -0.05) is 6.07 Å². The lowest BCUT2D eigenvalue weighted by Gasteiger charge is -2.18. The first kappa shape index (κ1) is 15.1. The molecule has 100 valence electrons. The number of hydrogen-bond donors (Lipinski definition) is 0. The maximum absolute atomic E-state index is 13.7. The van der Waals surface area contributed by atoms with Crippen LogP contribution in [-0.2, 0) is 4.74 Å². The molecule has 1 rings (SSSR count). The van der Waals surface area contributed by atoms with E-state index in [0.717, 1.165) is 0 Å². The van der Waals surface area contributed by atoms with Crippen molar-refractivity contribution in [2.24, 2.45) is 0 Å². The number of halogens is 2. The first-order valence-electron chi connectivity index (χ1n) is 5.74. The van der Waals surface area contributed by atoms with Crippen LogP contribution in [0.1, 0.15) is 24.2 Å². The zero-order chi connectivity index (χ0) is 13.7. The zero-order valence-corrected chi connectivity index (χ0v) is 12.3. The summed E-state index contributed by atoms with van der Waals surface area (Å²) in [6, 6.07) is 4.68. The maximum Gasteiger partial charge on any atom is 0.256 e. The third-order valence-corrected chi connectivity index (χ3v) is 3.02. The van der Waals surface area contributed by atoms with E-state index < -0.39 is 5.82 Å². The lowest BCUT2D eigenvalue weighted by Crippen LogP contribution is -2.31. The molecule has 1 aromatic carbocycles. The average molecular weight is 318 g/mol. The van der Waals surface area contributed by atoms with Gasteiger partial charge in [-0.15, -0.1) is 0 Å². The molecular formula is C13H17BrFNO2. The Morgan fingerprint density at radius 3 is 2.78 bits per heavy atom. The van der Waals surface area contributed by atoms with Crippen LogP contribution in [-0.4, -0.2) is 37.1 Å². The summed E-state index contributed by atoms with van der Waals surface area (Å²) >= 11 is 3.06. The number of rotatable bonds is 5. The standard InChI is InChI=1S/C13H17BrFNO2/c1-9(2)18-8-7-16(3)13(17)10-5-4-6-11(14)12(10)15/h4-6,9H,7-8H2,1-3H3. The fraction of sp³-hybridized carbons (Fsp3) is 0.462. The van der Waals surface area contributed by atoms with Crippen LogP contribution in [0.4, 0.5) is 4.39 Å². The predicted octanol–water partition coefficient (Wildman–Crippen LogP) is 3.09. The van der Waals surface area contributed by atoms with Crippen LogP contribution >= 0.6 is 15.9 Å². The Hall–Kier alpha value is -0.940. The molecule has 0 radical (unpaired) electrons. The molecule has 1 amide bonds. The molecule has 0 aromatic heterocycles. The van der Waals surface area contributed by atoms with Gasteiger partial charge in [0.05, 0.1) is 22.7 Å². The third kappa shape index (κ3) is 4.07. The van der Waals surface area contributed by atoms with Crippen LogP contribution in [0, 0.1) is 5.82 Å². The van der Waals surface area contributed by atoms with Crippen LogP contribution < -0.4 is 0 Å². The number of ether oxygens (including phenoxy) is 1. The predicted molar refractivity (Wildman–Crippen MR) is 72.1 cm³/mol. The van der Waals surface area contributed by atoms with Crippen molar-refractivity contribution in [3.8, 4) is 0 Å². The lowest BCUT2D eigenvalue weighted by molar-refractivity contribution is 0.0529. The monoisotopic (exact) mass is 317 g/mol. The molecule has 3 nitrogen and oxygen atoms in total. The van der Waals surface area contributed by atoms with Gasteiger partial charge in [-0.3, -0.25) is 4.79 Å². The van der Waals surface area contributed by atoms with Gasteiger partial charge in [0.2, 0.25) is 0 Å². The molecule has 18 heavy (non-hydrogen) atoms. The topological polar surface area (TPSA) is 29.5 Å². The molecule has 0 aliphatic carbocycles. The number of carbonyl (C=O) groups excluding carboxylic acids is 1. The summed E-state index contributed by atoms with van der Waals surface area (Å²) in [4.78, 5) is 13.5. The van der Waals surface area contributed by atoms with Gasteiger partial charge >= 0.3 is 0 Å². The average Bonchev–Trinajstić information content (AvgIpc) is 2.31. The maximum atomic E-state index is 13.7. The van der Waals surface area contributed by atoms with Crippen LogP contribution in [0.15, 0.2) is 22.7 Å². The van der Waals surface area contributed by atoms with Gasteiger partial charge in [-0.25, -0.2) is 4.39 Å². The van der Waals surface area contributed by atoms with Crippen molar-refractivity contribution in [1.82, 2.24) is 4.90 Å². The van der Waals surface area contributed by atoms with E-state index in [1.165, 1.54) is 11.0 Å². The Kier molecular flexibility index (Phi) is 5.75. The summed E-state index contributed by atoms with van der Waals surface area (Å²) in [7, 11) is 1.63. The highest BCUT2D eigenvalue weighted by molar-refractivity contribution is 9.10. The van der Waals surface area contributed by atoms with E-state index in [1.54, 1.807) is 19.2 Å². The Morgan fingerprint density at radius 2 is 2.17 bits per heavy atom.